The molecule has 1 aliphatic rings. The number of amides is 3. The summed E-state index contributed by atoms with van der Waals surface area (Å²) in [5.41, 5.74) is -2.24. The molecule has 1 fully saturated rings. The van der Waals surface area contributed by atoms with Crippen LogP contribution in [0.4, 0.5) is 10.8 Å². The summed E-state index contributed by atoms with van der Waals surface area (Å²) in [6.45, 7) is 5.38. The standard InChI is InChI=1S/C24H27ClN6O11S2.Na/c1-12(2)19-18(21(34)30(19)44(38,39)40)28-20(33)17(15-11-43-23(26-15)27-16(32)9-25)29-42-24(3,4)22(35)41-10-13-5-7-14(8-6-13)31(36)37;/h5-8,11-12,18-19H,9-10H2,1-4H3,(H,28,33)(H,26,27,32)(H,38,39,40);/q;+1/p-1/t18-,19+;/m0./s1. The Bertz CT molecular complexity index is 1600. The number of oxime groups is 1. The number of nitro groups is 1. The van der Waals surface area contributed by atoms with Gasteiger partial charge in [0.2, 0.25) is 11.5 Å². The minimum absolute atomic E-state index is 0. The number of nitro benzene ring substituents is 1. The van der Waals surface area contributed by atoms with Gasteiger partial charge in [-0.1, -0.05) is 19.0 Å². The van der Waals surface area contributed by atoms with Gasteiger partial charge in [-0.05, 0) is 37.5 Å². The van der Waals surface area contributed by atoms with E-state index in [9.17, 15) is 42.3 Å². The summed E-state index contributed by atoms with van der Waals surface area (Å²) in [6.07, 6.45) is 0. The topological polar surface area (TPSA) is 240 Å². The van der Waals surface area contributed by atoms with E-state index >= 15 is 0 Å². The summed E-state index contributed by atoms with van der Waals surface area (Å²) in [5.74, 6) is -4.70. The van der Waals surface area contributed by atoms with Gasteiger partial charge in [-0.2, -0.15) is 0 Å². The molecule has 3 rings (SSSR count). The number of ether oxygens (including phenoxy) is 1. The Morgan fingerprint density at radius 1 is 1.24 bits per heavy atom. The Labute approximate surface area is 288 Å². The zero-order valence-corrected chi connectivity index (χ0v) is 28.9. The second kappa shape index (κ2) is 15.4. The maximum Gasteiger partial charge on any atom is 1.00 e. The van der Waals surface area contributed by atoms with Gasteiger partial charge in [0.25, 0.3) is 17.5 Å². The Hall–Kier alpha value is -3.20. The molecule has 1 aromatic carbocycles. The number of nitrogens with one attached hydrogen (secondary N) is 2. The average Bonchev–Trinajstić information content (AvgIpc) is 3.39. The van der Waals surface area contributed by atoms with Gasteiger partial charge < -0.3 is 24.8 Å². The van der Waals surface area contributed by atoms with E-state index in [-0.39, 0.29) is 62.9 Å². The Balaban J connectivity index is 0.00000705. The SMILES string of the molecule is CC(C)[C@@H]1[C@H](NC(=O)C(=NOC(C)(C)C(=O)OCc2ccc([N+](=O)[O-])cc2)c2csc(NC(=O)CCl)n2)C(=O)N1S(=O)(=O)[O-].[Na+]. The van der Waals surface area contributed by atoms with Crippen LogP contribution in [0, 0.1) is 16.0 Å². The van der Waals surface area contributed by atoms with Crippen LogP contribution in [0.3, 0.4) is 0 Å². The van der Waals surface area contributed by atoms with E-state index in [0.29, 0.717) is 5.56 Å². The van der Waals surface area contributed by atoms with Gasteiger partial charge in [-0.25, -0.2) is 22.5 Å². The summed E-state index contributed by atoms with van der Waals surface area (Å²) in [6, 6.07) is 2.67. The number of nitrogens with zero attached hydrogens (tertiary/aromatic N) is 4. The van der Waals surface area contributed by atoms with Crippen molar-refractivity contribution >= 4 is 73.5 Å². The fourth-order valence-electron chi connectivity index (χ4n) is 3.79. The minimum atomic E-state index is -5.15. The number of benzene rings is 1. The molecule has 0 radical (unpaired) electrons. The van der Waals surface area contributed by atoms with Gasteiger partial charge in [0.15, 0.2) is 21.1 Å². The number of β-lactam (4-membered cyclic amide) rings is 1. The third-order valence-corrected chi connectivity index (χ3v) is 7.92. The van der Waals surface area contributed by atoms with Crippen molar-refractivity contribution in [3.05, 3.63) is 51.0 Å². The van der Waals surface area contributed by atoms with Crippen molar-refractivity contribution in [2.24, 2.45) is 11.1 Å². The summed E-state index contributed by atoms with van der Waals surface area (Å²) in [4.78, 5) is 70.0. The van der Waals surface area contributed by atoms with Crippen LogP contribution >= 0.6 is 22.9 Å². The van der Waals surface area contributed by atoms with E-state index in [1.165, 1.54) is 43.5 Å². The molecule has 0 aliphatic carbocycles. The third kappa shape index (κ3) is 9.41. The van der Waals surface area contributed by atoms with Gasteiger partial charge >= 0.3 is 35.5 Å². The largest absolute Gasteiger partial charge is 1.00 e. The first-order valence-corrected chi connectivity index (χ1v) is 15.3. The molecule has 2 atom stereocenters. The Morgan fingerprint density at radius 2 is 1.87 bits per heavy atom. The number of anilines is 1. The van der Waals surface area contributed by atoms with Crippen LogP contribution in [-0.4, -0.2) is 80.2 Å². The van der Waals surface area contributed by atoms with E-state index in [1.807, 2.05) is 0 Å². The molecule has 0 bridgehead atoms. The number of thiazole rings is 1. The normalized spacial score (nSPS) is 16.7. The Kier molecular flexibility index (Phi) is 13.0. The second-order valence-electron chi connectivity index (χ2n) is 10.0. The van der Waals surface area contributed by atoms with Gasteiger partial charge in [0.05, 0.1) is 11.0 Å². The van der Waals surface area contributed by atoms with Crippen molar-refractivity contribution in [1.82, 2.24) is 14.6 Å². The fourth-order valence-corrected chi connectivity index (χ4v) is 5.56. The minimum Gasteiger partial charge on any atom is -0.731 e. The van der Waals surface area contributed by atoms with Crippen LogP contribution in [0.5, 0.6) is 0 Å². The molecular weight excluding hydrogens is 671 g/mol. The predicted octanol–water partition coefficient (Wildman–Crippen LogP) is -1.71. The molecule has 1 aliphatic heterocycles. The van der Waals surface area contributed by atoms with Crippen LogP contribution in [0.1, 0.15) is 39.0 Å². The molecule has 0 spiro atoms. The van der Waals surface area contributed by atoms with E-state index < -0.39 is 68.2 Å². The van der Waals surface area contributed by atoms with Gasteiger partial charge in [-0.3, -0.25) is 24.5 Å². The molecular formula is C24H26ClN6NaO11S2. The van der Waals surface area contributed by atoms with Crippen molar-refractivity contribution in [3.63, 3.8) is 0 Å². The quantitative estimate of drug-likeness (QED) is 0.0348. The van der Waals surface area contributed by atoms with Crippen LogP contribution in [0.15, 0.2) is 34.8 Å². The number of hydrogen-bond acceptors (Lipinski definition) is 14. The number of carbonyl (C=O) groups is 4. The molecule has 1 aromatic heterocycles. The maximum atomic E-state index is 13.3. The van der Waals surface area contributed by atoms with Gasteiger partial charge in [0, 0.05) is 17.5 Å². The number of alkyl halides is 1. The van der Waals surface area contributed by atoms with Crippen molar-refractivity contribution in [1.29, 1.82) is 0 Å². The van der Waals surface area contributed by atoms with Crippen molar-refractivity contribution in [3.8, 4) is 0 Å². The van der Waals surface area contributed by atoms with Crippen molar-refractivity contribution < 1.29 is 76.2 Å². The maximum absolute atomic E-state index is 13.3. The zero-order valence-electron chi connectivity index (χ0n) is 24.5. The monoisotopic (exact) mass is 696 g/mol. The average molecular weight is 697 g/mol. The number of carbonyl (C=O) groups excluding carboxylic acids is 4. The molecule has 21 heteroatoms. The number of esters is 1. The van der Waals surface area contributed by atoms with Crippen LogP contribution in [-0.2, 0) is 45.7 Å². The molecule has 238 valence electrons. The number of halogens is 1. The molecule has 2 heterocycles. The summed E-state index contributed by atoms with van der Waals surface area (Å²) in [7, 11) is -5.15. The number of non-ortho nitro benzene ring substituents is 1. The first-order valence-electron chi connectivity index (χ1n) is 12.5. The van der Waals surface area contributed by atoms with Gasteiger partial charge in [-0.15, -0.1) is 22.9 Å². The second-order valence-corrected chi connectivity index (χ2v) is 12.4. The van der Waals surface area contributed by atoms with Crippen LogP contribution in [0.2, 0.25) is 0 Å². The molecule has 0 saturated carbocycles. The first kappa shape index (κ1) is 38.0. The third-order valence-electron chi connectivity index (χ3n) is 6.01. The summed E-state index contributed by atoms with van der Waals surface area (Å²) in [5, 5.41) is 20.7. The van der Waals surface area contributed by atoms with Crippen LogP contribution in [0.25, 0.3) is 0 Å². The smallest absolute Gasteiger partial charge is 0.731 e. The fraction of sp³-hybridized carbons (Fsp3) is 0.417. The molecule has 2 N–H and O–H groups in total. The van der Waals surface area contributed by atoms with E-state index in [4.69, 9.17) is 21.2 Å². The predicted molar refractivity (Wildman–Crippen MR) is 153 cm³/mol. The van der Waals surface area contributed by atoms with Crippen LogP contribution < -0.4 is 40.2 Å². The molecule has 1 saturated heterocycles. The van der Waals surface area contributed by atoms with E-state index in [1.54, 1.807) is 13.8 Å². The zero-order chi connectivity index (χ0) is 33.0. The van der Waals surface area contributed by atoms with Gasteiger partial charge in [0.1, 0.15) is 24.2 Å². The van der Waals surface area contributed by atoms with E-state index in [0.717, 1.165) is 11.3 Å². The first-order chi connectivity index (χ1) is 20.5. The van der Waals surface area contributed by atoms with Crippen molar-refractivity contribution in [2.45, 2.75) is 52.0 Å². The van der Waals surface area contributed by atoms with Crippen molar-refractivity contribution in [2.75, 3.05) is 11.2 Å². The molecule has 0 unspecified atom stereocenters. The number of hydrogen-bond donors (Lipinski definition) is 2. The molecule has 45 heavy (non-hydrogen) atoms. The molecule has 3 amide bonds. The summed E-state index contributed by atoms with van der Waals surface area (Å²) < 4.78 is 40.1. The molecule has 2 aromatic rings. The molecule has 17 nitrogen and oxygen atoms in total. The Morgan fingerprint density at radius 3 is 2.40 bits per heavy atom. The van der Waals surface area contributed by atoms with E-state index in [2.05, 4.69) is 20.8 Å². The summed E-state index contributed by atoms with van der Waals surface area (Å²) >= 11 is 6.38. The number of aromatic nitrogens is 1. The number of rotatable bonds is 13.